The minimum atomic E-state index is -0.0127. The number of carbonyl (C=O) groups is 1. The zero-order valence-corrected chi connectivity index (χ0v) is 12.5. The van der Waals surface area contributed by atoms with E-state index in [0.29, 0.717) is 17.8 Å². The summed E-state index contributed by atoms with van der Waals surface area (Å²) in [4.78, 5) is 22.8. The van der Waals surface area contributed by atoms with Crippen LogP contribution < -0.4 is 16.5 Å². The third kappa shape index (κ3) is 5.09. The molecule has 0 aliphatic rings. The number of anilines is 2. The molecule has 5 heteroatoms. The Hall–Kier alpha value is -2.56. The summed E-state index contributed by atoms with van der Waals surface area (Å²) >= 11 is 0. The lowest BCUT2D eigenvalue weighted by Gasteiger charge is -2.08. The lowest BCUT2D eigenvalue weighted by Crippen LogP contribution is -2.12. The Morgan fingerprint density at radius 1 is 1.05 bits per heavy atom. The summed E-state index contributed by atoms with van der Waals surface area (Å²) in [6, 6.07) is 10.3. The maximum atomic E-state index is 11.8. The number of hydrogen-bond donors (Lipinski definition) is 2. The Bertz CT molecular complexity index is 659. The molecule has 2 rings (SSSR count). The van der Waals surface area contributed by atoms with Crippen LogP contribution in [0.25, 0.3) is 0 Å². The molecule has 0 unspecified atom stereocenters. The number of nitrogens with two attached hydrogens (primary N) is 1. The highest BCUT2D eigenvalue weighted by molar-refractivity contribution is 5.93. The van der Waals surface area contributed by atoms with Crippen molar-refractivity contribution in [1.29, 1.82) is 0 Å². The number of pyridine rings is 1. The second kappa shape index (κ2) is 8.02. The van der Waals surface area contributed by atoms with Crippen LogP contribution in [0.15, 0.2) is 53.6 Å². The normalized spacial score (nSPS) is 10.4. The topological polar surface area (TPSA) is 77.1 Å². The molecule has 1 amide bonds. The minimum absolute atomic E-state index is 0.0127. The molecule has 0 atom stereocenters. The zero-order valence-electron chi connectivity index (χ0n) is 12.5. The molecule has 0 saturated heterocycles. The molecule has 0 aliphatic carbocycles. The molecule has 5 nitrogen and oxygen atoms in total. The van der Waals surface area contributed by atoms with Gasteiger partial charge in [-0.05, 0) is 25.0 Å². The van der Waals surface area contributed by atoms with Crippen molar-refractivity contribution >= 4 is 17.3 Å². The van der Waals surface area contributed by atoms with E-state index in [1.54, 1.807) is 36.7 Å². The van der Waals surface area contributed by atoms with Crippen molar-refractivity contribution in [1.82, 2.24) is 4.57 Å². The van der Waals surface area contributed by atoms with Crippen LogP contribution in [-0.4, -0.2) is 10.5 Å². The SMILES string of the molecule is Nc1ccccc1NC(=O)CCCCCn1ccc(=O)cc1. The Morgan fingerprint density at radius 2 is 1.77 bits per heavy atom. The molecular formula is C17H21N3O2. The van der Waals surface area contributed by atoms with E-state index >= 15 is 0 Å². The van der Waals surface area contributed by atoms with Crippen LogP contribution >= 0.6 is 0 Å². The zero-order chi connectivity index (χ0) is 15.8. The number of nitrogens with one attached hydrogen (secondary N) is 1. The van der Waals surface area contributed by atoms with Crippen molar-refractivity contribution in [2.24, 2.45) is 0 Å². The minimum Gasteiger partial charge on any atom is -0.397 e. The number of amides is 1. The van der Waals surface area contributed by atoms with Gasteiger partial charge in [0.25, 0.3) is 0 Å². The summed E-state index contributed by atoms with van der Waals surface area (Å²) in [6.45, 7) is 0.855. The molecular weight excluding hydrogens is 278 g/mol. The second-order valence-corrected chi connectivity index (χ2v) is 5.22. The van der Waals surface area contributed by atoms with Gasteiger partial charge in [0.15, 0.2) is 5.43 Å². The van der Waals surface area contributed by atoms with E-state index < -0.39 is 0 Å². The van der Waals surface area contributed by atoms with Crippen LogP contribution in [0, 0.1) is 0 Å². The highest BCUT2D eigenvalue weighted by Gasteiger charge is 2.04. The van der Waals surface area contributed by atoms with Gasteiger partial charge in [-0.3, -0.25) is 9.59 Å². The number of nitrogen functional groups attached to an aromatic ring is 1. The molecule has 0 aliphatic heterocycles. The van der Waals surface area contributed by atoms with Crippen LogP contribution in [0.3, 0.4) is 0 Å². The first kappa shape index (κ1) is 15.8. The smallest absolute Gasteiger partial charge is 0.224 e. The van der Waals surface area contributed by atoms with Gasteiger partial charge in [0.2, 0.25) is 5.91 Å². The number of nitrogens with zero attached hydrogens (tertiary/aromatic N) is 1. The van der Waals surface area contributed by atoms with E-state index in [0.717, 1.165) is 25.8 Å². The monoisotopic (exact) mass is 299 g/mol. The maximum absolute atomic E-state index is 11.8. The van der Waals surface area contributed by atoms with Crippen LogP contribution in [0.4, 0.5) is 11.4 Å². The standard InChI is InChI=1S/C17H21N3O2/c18-15-6-3-4-7-16(15)19-17(22)8-2-1-5-11-20-12-9-14(21)10-13-20/h3-4,6-7,9-10,12-13H,1-2,5,8,11,18H2,(H,19,22). The van der Waals surface area contributed by atoms with Gasteiger partial charge >= 0.3 is 0 Å². The molecule has 0 fully saturated rings. The number of rotatable bonds is 7. The number of carbonyl (C=O) groups excluding carboxylic acids is 1. The van der Waals surface area contributed by atoms with Gasteiger partial charge in [-0.25, -0.2) is 0 Å². The van der Waals surface area contributed by atoms with Crippen LogP contribution in [0.1, 0.15) is 25.7 Å². The summed E-state index contributed by atoms with van der Waals surface area (Å²) in [5.74, 6) is -0.0127. The van der Waals surface area contributed by atoms with Crippen molar-refractivity contribution in [2.45, 2.75) is 32.2 Å². The van der Waals surface area contributed by atoms with Crippen molar-refractivity contribution < 1.29 is 4.79 Å². The summed E-state index contributed by atoms with van der Waals surface area (Å²) in [6.07, 6.45) is 6.82. The number of para-hydroxylation sites is 2. The number of hydrogen-bond acceptors (Lipinski definition) is 3. The first-order valence-electron chi connectivity index (χ1n) is 7.45. The van der Waals surface area contributed by atoms with Crippen LogP contribution in [-0.2, 0) is 11.3 Å². The second-order valence-electron chi connectivity index (χ2n) is 5.22. The number of aromatic nitrogens is 1. The molecule has 3 N–H and O–H groups in total. The fourth-order valence-corrected chi connectivity index (χ4v) is 2.17. The summed E-state index contributed by atoms with van der Waals surface area (Å²) < 4.78 is 1.98. The highest BCUT2D eigenvalue weighted by Crippen LogP contribution is 2.17. The fraction of sp³-hybridized carbons (Fsp3) is 0.294. The summed E-state index contributed by atoms with van der Waals surface area (Å²) in [5, 5.41) is 2.82. The molecule has 2 aromatic rings. The van der Waals surface area contributed by atoms with Crippen LogP contribution in [0.5, 0.6) is 0 Å². The summed E-state index contributed by atoms with van der Waals surface area (Å²) in [7, 11) is 0. The van der Waals surface area contributed by atoms with Gasteiger partial charge in [0.05, 0.1) is 11.4 Å². The number of benzene rings is 1. The molecule has 0 bridgehead atoms. The highest BCUT2D eigenvalue weighted by atomic mass is 16.1. The van der Waals surface area contributed by atoms with Crippen molar-refractivity contribution in [3.05, 3.63) is 59.0 Å². The predicted octanol–water partition coefficient (Wildman–Crippen LogP) is 2.63. The van der Waals surface area contributed by atoms with Gasteiger partial charge in [-0.15, -0.1) is 0 Å². The predicted molar refractivity (Wildman–Crippen MR) is 88.7 cm³/mol. The van der Waals surface area contributed by atoms with E-state index in [-0.39, 0.29) is 11.3 Å². The van der Waals surface area contributed by atoms with E-state index in [9.17, 15) is 9.59 Å². The van der Waals surface area contributed by atoms with Crippen molar-refractivity contribution in [2.75, 3.05) is 11.1 Å². The van der Waals surface area contributed by atoms with Gasteiger partial charge in [0.1, 0.15) is 0 Å². The first-order valence-corrected chi connectivity index (χ1v) is 7.45. The molecule has 1 heterocycles. The van der Waals surface area contributed by atoms with Gasteiger partial charge in [0, 0.05) is 37.5 Å². The van der Waals surface area contributed by atoms with E-state index in [2.05, 4.69) is 5.32 Å². The van der Waals surface area contributed by atoms with E-state index in [1.807, 2.05) is 16.7 Å². The third-order valence-electron chi connectivity index (χ3n) is 3.42. The Kier molecular flexibility index (Phi) is 5.77. The van der Waals surface area contributed by atoms with Gasteiger partial charge in [-0.1, -0.05) is 18.6 Å². The summed E-state index contributed by atoms with van der Waals surface area (Å²) in [5.41, 5.74) is 7.05. The fourth-order valence-electron chi connectivity index (χ4n) is 2.17. The third-order valence-corrected chi connectivity index (χ3v) is 3.42. The van der Waals surface area contributed by atoms with Crippen molar-refractivity contribution in [3.63, 3.8) is 0 Å². The molecule has 0 saturated carbocycles. The molecule has 116 valence electrons. The maximum Gasteiger partial charge on any atom is 0.224 e. The number of aryl methyl sites for hydroxylation is 1. The van der Waals surface area contributed by atoms with Gasteiger partial charge < -0.3 is 15.6 Å². The van der Waals surface area contributed by atoms with E-state index in [4.69, 9.17) is 5.73 Å². The van der Waals surface area contributed by atoms with Gasteiger partial charge in [-0.2, -0.15) is 0 Å². The molecule has 0 spiro atoms. The lowest BCUT2D eigenvalue weighted by atomic mass is 10.2. The Morgan fingerprint density at radius 3 is 2.50 bits per heavy atom. The van der Waals surface area contributed by atoms with Crippen LogP contribution in [0.2, 0.25) is 0 Å². The quantitative estimate of drug-likeness (QED) is 0.609. The molecule has 0 radical (unpaired) electrons. The van der Waals surface area contributed by atoms with Crippen molar-refractivity contribution in [3.8, 4) is 0 Å². The molecule has 22 heavy (non-hydrogen) atoms. The largest absolute Gasteiger partial charge is 0.397 e. The Balaban J connectivity index is 1.64. The lowest BCUT2D eigenvalue weighted by molar-refractivity contribution is -0.116. The molecule has 1 aromatic heterocycles. The number of unbranched alkanes of at least 4 members (excludes halogenated alkanes) is 2. The average molecular weight is 299 g/mol. The molecule has 1 aromatic carbocycles. The Labute approximate surface area is 129 Å². The van der Waals surface area contributed by atoms with E-state index in [1.165, 1.54) is 0 Å². The first-order chi connectivity index (χ1) is 10.6. The average Bonchev–Trinajstić information content (AvgIpc) is 2.51.